The zero-order valence-electron chi connectivity index (χ0n) is 15.9. The summed E-state index contributed by atoms with van der Waals surface area (Å²) in [7, 11) is 1.45. The Kier molecular flexibility index (Phi) is 5.99. The third kappa shape index (κ3) is 4.52. The Bertz CT molecular complexity index is 906. The first-order chi connectivity index (χ1) is 13.5. The smallest absolute Gasteiger partial charge is 0.331 e. The molecule has 0 saturated carbocycles. The van der Waals surface area contributed by atoms with Gasteiger partial charge in [0, 0.05) is 19.2 Å². The van der Waals surface area contributed by atoms with Gasteiger partial charge in [-0.05, 0) is 48.2 Å². The van der Waals surface area contributed by atoms with Gasteiger partial charge in [-0.25, -0.2) is 4.79 Å². The van der Waals surface area contributed by atoms with Crippen molar-refractivity contribution in [3.63, 3.8) is 0 Å². The highest BCUT2D eigenvalue weighted by atomic mass is 16.5. The predicted molar refractivity (Wildman–Crippen MR) is 105 cm³/mol. The first-order valence-electron chi connectivity index (χ1n) is 9.09. The number of aromatic hydroxyl groups is 1. The number of phenols is 1. The van der Waals surface area contributed by atoms with Crippen LogP contribution in [0.5, 0.6) is 11.5 Å². The topological polar surface area (TPSA) is 76.1 Å². The summed E-state index contributed by atoms with van der Waals surface area (Å²) in [5, 5.41) is 9.59. The molecule has 146 valence electrons. The summed E-state index contributed by atoms with van der Waals surface area (Å²) in [6, 6.07) is 12.8. The second-order valence-corrected chi connectivity index (χ2v) is 6.62. The number of amides is 1. The van der Waals surface area contributed by atoms with E-state index in [0.29, 0.717) is 24.4 Å². The Morgan fingerprint density at radius 2 is 1.93 bits per heavy atom. The number of esters is 1. The van der Waals surface area contributed by atoms with Crippen LogP contribution in [0.15, 0.2) is 48.5 Å². The Labute approximate surface area is 164 Å². The molecule has 28 heavy (non-hydrogen) atoms. The number of hydrogen-bond acceptors (Lipinski definition) is 5. The van der Waals surface area contributed by atoms with E-state index in [9.17, 15) is 14.7 Å². The molecule has 6 nitrogen and oxygen atoms in total. The van der Waals surface area contributed by atoms with E-state index in [1.54, 1.807) is 30.0 Å². The van der Waals surface area contributed by atoms with Gasteiger partial charge < -0.3 is 19.5 Å². The first kappa shape index (κ1) is 19.5. The van der Waals surface area contributed by atoms with Crippen molar-refractivity contribution in [1.29, 1.82) is 0 Å². The van der Waals surface area contributed by atoms with E-state index >= 15 is 0 Å². The Hall–Kier alpha value is -3.28. The largest absolute Gasteiger partial charge is 0.504 e. The van der Waals surface area contributed by atoms with Crippen molar-refractivity contribution in [2.45, 2.75) is 26.0 Å². The van der Waals surface area contributed by atoms with Crippen LogP contribution in [0.25, 0.3) is 6.08 Å². The summed E-state index contributed by atoms with van der Waals surface area (Å²) in [5.74, 6) is -0.484. The van der Waals surface area contributed by atoms with Gasteiger partial charge in [-0.2, -0.15) is 0 Å². The third-order valence-corrected chi connectivity index (χ3v) is 4.70. The van der Waals surface area contributed by atoms with Crippen molar-refractivity contribution >= 4 is 18.0 Å². The standard InChI is InChI=1S/C22H23NO5/c1-15(22(26)23-12-11-17-5-3-4-6-18(17)14-23)28-21(25)10-8-16-7-9-19(24)20(13-16)27-2/h3-10,13,15,24H,11-12,14H2,1-2H3/b10-8+/t15-/m0/s1. The maximum Gasteiger partial charge on any atom is 0.331 e. The summed E-state index contributed by atoms with van der Waals surface area (Å²) in [5.41, 5.74) is 3.04. The van der Waals surface area contributed by atoms with E-state index in [1.165, 1.54) is 24.8 Å². The zero-order valence-corrected chi connectivity index (χ0v) is 15.9. The van der Waals surface area contributed by atoms with Crippen LogP contribution in [0.4, 0.5) is 0 Å². The molecule has 0 aliphatic carbocycles. The van der Waals surface area contributed by atoms with Crippen molar-refractivity contribution in [2.24, 2.45) is 0 Å². The van der Waals surface area contributed by atoms with Gasteiger partial charge in [0.15, 0.2) is 17.6 Å². The minimum absolute atomic E-state index is 0.0181. The second-order valence-electron chi connectivity index (χ2n) is 6.62. The van der Waals surface area contributed by atoms with Crippen LogP contribution >= 0.6 is 0 Å². The van der Waals surface area contributed by atoms with Crippen LogP contribution in [0.2, 0.25) is 0 Å². The fourth-order valence-electron chi connectivity index (χ4n) is 3.17. The van der Waals surface area contributed by atoms with E-state index in [1.807, 2.05) is 18.2 Å². The molecule has 2 aromatic carbocycles. The predicted octanol–water partition coefficient (Wildman–Crippen LogP) is 2.93. The highest BCUT2D eigenvalue weighted by Crippen LogP contribution is 2.26. The maximum absolute atomic E-state index is 12.6. The summed E-state index contributed by atoms with van der Waals surface area (Å²) < 4.78 is 10.3. The van der Waals surface area contributed by atoms with Crippen LogP contribution in [-0.2, 0) is 27.3 Å². The summed E-state index contributed by atoms with van der Waals surface area (Å²) in [6.45, 7) is 2.72. The second kappa shape index (κ2) is 8.61. The molecule has 1 amide bonds. The lowest BCUT2D eigenvalue weighted by atomic mass is 9.99. The monoisotopic (exact) mass is 381 g/mol. The lowest BCUT2D eigenvalue weighted by molar-refractivity contribution is -0.155. The molecule has 6 heteroatoms. The first-order valence-corrected chi connectivity index (χ1v) is 9.09. The minimum Gasteiger partial charge on any atom is -0.504 e. The third-order valence-electron chi connectivity index (χ3n) is 4.70. The summed E-state index contributed by atoms with van der Waals surface area (Å²) >= 11 is 0. The number of hydrogen-bond donors (Lipinski definition) is 1. The number of carbonyl (C=O) groups is 2. The van der Waals surface area contributed by atoms with Crippen LogP contribution in [0.3, 0.4) is 0 Å². The molecule has 0 aromatic heterocycles. The van der Waals surface area contributed by atoms with Gasteiger partial charge in [-0.3, -0.25) is 4.79 Å². The Balaban J connectivity index is 1.57. The number of phenolic OH excluding ortho intramolecular Hbond substituents is 1. The fraction of sp³-hybridized carbons (Fsp3) is 0.273. The van der Waals surface area contributed by atoms with Crippen molar-refractivity contribution in [1.82, 2.24) is 4.90 Å². The van der Waals surface area contributed by atoms with Crippen molar-refractivity contribution in [3.8, 4) is 11.5 Å². The van der Waals surface area contributed by atoms with Crippen molar-refractivity contribution in [2.75, 3.05) is 13.7 Å². The van der Waals surface area contributed by atoms with Gasteiger partial charge in [0.25, 0.3) is 5.91 Å². The molecular formula is C22H23NO5. The summed E-state index contributed by atoms with van der Waals surface area (Å²) in [6.07, 6.45) is 2.72. The van der Waals surface area contributed by atoms with Crippen LogP contribution in [-0.4, -0.2) is 41.6 Å². The van der Waals surface area contributed by atoms with Gasteiger partial charge in [-0.15, -0.1) is 0 Å². The molecule has 1 N–H and O–H groups in total. The van der Waals surface area contributed by atoms with Gasteiger partial charge >= 0.3 is 5.97 Å². The number of ether oxygens (including phenoxy) is 2. The van der Waals surface area contributed by atoms with E-state index in [4.69, 9.17) is 9.47 Å². The molecule has 0 unspecified atom stereocenters. The maximum atomic E-state index is 12.6. The van der Waals surface area contributed by atoms with E-state index in [2.05, 4.69) is 6.07 Å². The number of carbonyl (C=O) groups excluding carboxylic acids is 2. The lowest BCUT2D eigenvalue weighted by Gasteiger charge is -2.30. The molecule has 1 aliphatic rings. The normalized spacial score (nSPS) is 14.4. The fourth-order valence-corrected chi connectivity index (χ4v) is 3.17. The van der Waals surface area contributed by atoms with Gasteiger partial charge in [-0.1, -0.05) is 30.3 Å². The molecule has 0 spiro atoms. The zero-order chi connectivity index (χ0) is 20.1. The van der Waals surface area contributed by atoms with Crippen LogP contribution < -0.4 is 4.74 Å². The van der Waals surface area contributed by atoms with Gasteiger partial charge in [0.1, 0.15) is 0 Å². The number of rotatable bonds is 5. The average molecular weight is 381 g/mol. The van der Waals surface area contributed by atoms with Crippen molar-refractivity contribution in [3.05, 3.63) is 65.2 Å². The van der Waals surface area contributed by atoms with Crippen molar-refractivity contribution < 1.29 is 24.2 Å². The molecule has 2 aromatic rings. The quantitative estimate of drug-likeness (QED) is 0.637. The molecule has 0 saturated heterocycles. The average Bonchev–Trinajstić information content (AvgIpc) is 2.72. The van der Waals surface area contributed by atoms with Gasteiger partial charge in [0.05, 0.1) is 7.11 Å². The molecular weight excluding hydrogens is 358 g/mol. The highest BCUT2D eigenvalue weighted by molar-refractivity contribution is 5.90. The molecule has 1 atom stereocenters. The van der Waals surface area contributed by atoms with Crippen LogP contribution in [0, 0.1) is 0 Å². The minimum atomic E-state index is -0.864. The number of benzene rings is 2. The number of nitrogens with zero attached hydrogens (tertiary/aromatic N) is 1. The molecule has 0 fully saturated rings. The lowest BCUT2D eigenvalue weighted by Crippen LogP contribution is -2.42. The van der Waals surface area contributed by atoms with E-state index < -0.39 is 12.1 Å². The SMILES string of the molecule is COc1cc(/C=C/C(=O)O[C@@H](C)C(=O)N2CCc3ccccc3C2)ccc1O. The summed E-state index contributed by atoms with van der Waals surface area (Å²) in [4.78, 5) is 26.4. The molecule has 0 radical (unpaired) electrons. The number of methoxy groups -OCH3 is 1. The molecule has 1 aliphatic heterocycles. The number of fused-ring (bicyclic) bond motifs is 1. The van der Waals surface area contributed by atoms with E-state index in [0.717, 1.165) is 12.0 Å². The Morgan fingerprint density at radius 1 is 1.18 bits per heavy atom. The molecule has 1 heterocycles. The van der Waals surface area contributed by atoms with Gasteiger partial charge in [0.2, 0.25) is 0 Å². The molecule has 0 bridgehead atoms. The Morgan fingerprint density at radius 3 is 2.68 bits per heavy atom. The van der Waals surface area contributed by atoms with Crippen LogP contribution in [0.1, 0.15) is 23.6 Å². The molecule has 3 rings (SSSR count). The highest BCUT2D eigenvalue weighted by Gasteiger charge is 2.26. The van der Waals surface area contributed by atoms with E-state index in [-0.39, 0.29) is 11.7 Å².